The number of rotatable bonds is 4. The molecule has 0 bridgehead atoms. The van der Waals surface area contributed by atoms with E-state index >= 15 is 0 Å². The van der Waals surface area contributed by atoms with Gasteiger partial charge in [0.25, 0.3) is 0 Å². The van der Waals surface area contributed by atoms with Crippen LogP contribution in [0, 0.1) is 11.3 Å². The highest BCUT2D eigenvalue weighted by molar-refractivity contribution is 7.86. The van der Waals surface area contributed by atoms with Gasteiger partial charge in [-0.25, -0.2) is 0 Å². The van der Waals surface area contributed by atoms with Crippen molar-refractivity contribution in [2.45, 2.75) is 20.3 Å². The lowest BCUT2D eigenvalue weighted by atomic mass is 10.3. The van der Waals surface area contributed by atoms with Gasteiger partial charge >= 0.3 is 10.1 Å². The van der Waals surface area contributed by atoms with E-state index in [9.17, 15) is 8.42 Å². The van der Waals surface area contributed by atoms with E-state index in [2.05, 4.69) is 9.44 Å². The predicted octanol–water partition coefficient (Wildman–Crippen LogP) is 0.642. The average Bonchev–Trinajstić information content (AvgIpc) is 2.02. The molecule has 0 aliphatic heterocycles. The molecule has 0 aromatic rings. The van der Waals surface area contributed by atoms with E-state index < -0.39 is 10.1 Å². The summed E-state index contributed by atoms with van der Waals surface area (Å²) in [6.45, 7) is 2.97. The largest absolute Gasteiger partial charge is 0.328 e. The number of hydrogen-bond donors (Lipinski definition) is 0. The summed E-state index contributed by atoms with van der Waals surface area (Å²) in [5.41, 5.74) is 0.342. The maximum Gasteiger partial charge on any atom is 0.328 e. The SMILES string of the molecule is CCS(=O)(=O)ON=C(C)CC#N. The van der Waals surface area contributed by atoms with Crippen LogP contribution < -0.4 is 0 Å². The van der Waals surface area contributed by atoms with Gasteiger partial charge in [-0.3, -0.25) is 4.28 Å². The monoisotopic (exact) mass is 190 g/mol. The summed E-state index contributed by atoms with van der Waals surface area (Å²) in [6, 6.07) is 1.82. The fourth-order valence-corrected chi connectivity index (χ4v) is 0.666. The molecule has 0 spiro atoms. The second-order valence-corrected chi connectivity index (χ2v) is 3.92. The average molecular weight is 190 g/mol. The molecule has 0 N–H and O–H groups in total. The summed E-state index contributed by atoms with van der Waals surface area (Å²) in [5, 5.41) is 11.5. The van der Waals surface area contributed by atoms with E-state index in [1.54, 1.807) is 0 Å². The molecule has 0 heterocycles. The lowest BCUT2D eigenvalue weighted by molar-refractivity contribution is 0.339. The first-order valence-corrected chi connectivity index (χ1v) is 4.91. The Labute approximate surface area is 71.8 Å². The first-order chi connectivity index (χ1) is 5.52. The van der Waals surface area contributed by atoms with Crippen LogP contribution in [0.2, 0.25) is 0 Å². The highest BCUT2D eigenvalue weighted by atomic mass is 32.2. The van der Waals surface area contributed by atoms with Crippen LogP contribution in [0.3, 0.4) is 0 Å². The van der Waals surface area contributed by atoms with Crippen LogP contribution in [-0.4, -0.2) is 19.9 Å². The third-order valence-corrected chi connectivity index (χ3v) is 2.00. The Morgan fingerprint density at radius 3 is 2.67 bits per heavy atom. The van der Waals surface area contributed by atoms with E-state index in [4.69, 9.17) is 5.26 Å². The van der Waals surface area contributed by atoms with Crippen LogP contribution in [0.1, 0.15) is 20.3 Å². The number of nitriles is 1. The minimum atomic E-state index is -3.53. The Balaban J connectivity index is 4.16. The van der Waals surface area contributed by atoms with E-state index in [-0.39, 0.29) is 12.2 Å². The quantitative estimate of drug-likeness (QED) is 0.481. The molecule has 0 aliphatic carbocycles. The van der Waals surface area contributed by atoms with E-state index in [1.807, 2.05) is 6.07 Å². The van der Waals surface area contributed by atoms with Gasteiger partial charge in [0.1, 0.15) is 0 Å². The molecule has 5 nitrogen and oxygen atoms in total. The van der Waals surface area contributed by atoms with Crippen LogP contribution in [-0.2, 0) is 14.4 Å². The normalized spacial score (nSPS) is 12.2. The van der Waals surface area contributed by atoms with Crippen LogP contribution in [0.5, 0.6) is 0 Å². The molecule has 0 amide bonds. The maximum atomic E-state index is 10.7. The highest BCUT2D eigenvalue weighted by Gasteiger charge is 2.06. The van der Waals surface area contributed by atoms with Crippen LogP contribution >= 0.6 is 0 Å². The fourth-order valence-electron chi connectivity index (χ4n) is 0.320. The van der Waals surface area contributed by atoms with Gasteiger partial charge in [-0.05, 0) is 13.8 Å². The maximum absolute atomic E-state index is 10.7. The number of oxime groups is 1. The Morgan fingerprint density at radius 2 is 2.25 bits per heavy atom. The zero-order valence-electron chi connectivity index (χ0n) is 6.94. The third-order valence-electron chi connectivity index (χ3n) is 0.995. The first kappa shape index (κ1) is 10.9. The molecule has 68 valence electrons. The van der Waals surface area contributed by atoms with Crippen molar-refractivity contribution in [1.82, 2.24) is 0 Å². The standard InChI is InChI=1S/C6H10N2O3S/c1-3-12(9,10)11-8-6(2)4-5-7/h3-4H2,1-2H3. The number of hydrogen-bond acceptors (Lipinski definition) is 5. The van der Waals surface area contributed by atoms with Crippen molar-refractivity contribution in [2.24, 2.45) is 5.16 Å². The van der Waals surface area contributed by atoms with Gasteiger partial charge in [0.05, 0.1) is 24.0 Å². The summed E-state index contributed by atoms with van der Waals surface area (Å²) >= 11 is 0. The summed E-state index contributed by atoms with van der Waals surface area (Å²) in [4.78, 5) is 0. The fraction of sp³-hybridized carbons (Fsp3) is 0.667. The second kappa shape index (κ2) is 4.72. The molecule has 0 aliphatic rings. The molecular weight excluding hydrogens is 180 g/mol. The summed E-state index contributed by atoms with van der Waals surface area (Å²) < 4.78 is 25.6. The topological polar surface area (TPSA) is 79.5 Å². The van der Waals surface area contributed by atoms with Crippen molar-refractivity contribution in [3.05, 3.63) is 0 Å². The zero-order valence-corrected chi connectivity index (χ0v) is 7.76. The van der Waals surface area contributed by atoms with Gasteiger partial charge in [0.2, 0.25) is 0 Å². The summed E-state index contributed by atoms with van der Waals surface area (Å²) in [7, 11) is -3.53. The van der Waals surface area contributed by atoms with Crippen molar-refractivity contribution in [3.63, 3.8) is 0 Å². The first-order valence-electron chi connectivity index (χ1n) is 3.33. The Hall–Kier alpha value is -1.09. The van der Waals surface area contributed by atoms with Crippen molar-refractivity contribution in [3.8, 4) is 6.07 Å². The van der Waals surface area contributed by atoms with Crippen molar-refractivity contribution in [2.75, 3.05) is 5.75 Å². The second-order valence-electron chi connectivity index (χ2n) is 2.08. The zero-order chi connectivity index (χ0) is 9.61. The lowest BCUT2D eigenvalue weighted by Gasteiger charge is -1.96. The van der Waals surface area contributed by atoms with E-state index in [1.165, 1.54) is 13.8 Å². The molecule has 0 fully saturated rings. The molecule has 0 unspecified atom stereocenters. The van der Waals surface area contributed by atoms with Crippen molar-refractivity contribution < 1.29 is 12.7 Å². The summed E-state index contributed by atoms with van der Waals surface area (Å²) in [6.07, 6.45) is 0.0687. The molecular formula is C6H10N2O3S. The van der Waals surface area contributed by atoms with Crippen LogP contribution in [0.15, 0.2) is 5.16 Å². The molecule has 0 saturated carbocycles. The van der Waals surface area contributed by atoms with E-state index in [0.29, 0.717) is 5.71 Å². The molecule has 0 aromatic carbocycles. The molecule has 0 atom stereocenters. The molecule has 12 heavy (non-hydrogen) atoms. The molecule has 0 saturated heterocycles. The van der Waals surface area contributed by atoms with Crippen LogP contribution in [0.25, 0.3) is 0 Å². The van der Waals surface area contributed by atoms with Gasteiger partial charge < -0.3 is 0 Å². The Morgan fingerprint density at radius 1 is 1.67 bits per heavy atom. The molecule has 0 rings (SSSR count). The van der Waals surface area contributed by atoms with Gasteiger partial charge in [-0.1, -0.05) is 5.16 Å². The van der Waals surface area contributed by atoms with Crippen molar-refractivity contribution in [1.29, 1.82) is 5.26 Å². The minimum Gasteiger partial charge on any atom is -0.269 e. The Kier molecular flexibility index (Phi) is 4.29. The van der Waals surface area contributed by atoms with Crippen LogP contribution in [0.4, 0.5) is 0 Å². The summed E-state index contributed by atoms with van der Waals surface area (Å²) in [5.74, 6) is -0.129. The highest BCUT2D eigenvalue weighted by Crippen LogP contribution is 1.95. The van der Waals surface area contributed by atoms with E-state index in [0.717, 1.165) is 0 Å². The smallest absolute Gasteiger partial charge is 0.269 e. The van der Waals surface area contributed by atoms with Gasteiger partial charge in [-0.15, -0.1) is 0 Å². The molecule has 0 aromatic heterocycles. The van der Waals surface area contributed by atoms with Gasteiger partial charge in [-0.2, -0.15) is 13.7 Å². The number of nitrogens with zero attached hydrogens (tertiary/aromatic N) is 2. The van der Waals surface area contributed by atoms with Gasteiger partial charge in [0, 0.05) is 0 Å². The lowest BCUT2D eigenvalue weighted by Crippen LogP contribution is -2.05. The Bertz CT molecular complexity index is 299. The van der Waals surface area contributed by atoms with Crippen molar-refractivity contribution >= 4 is 15.8 Å². The molecule has 0 radical (unpaired) electrons. The van der Waals surface area contributed by atoms with Gasteiger partial charge in [0.15, 0.2) is 0 Å². The molecule has 6 heteroatoms. The minimum absolute atomic E-state index is 0.0687. The predicted molar refractivity (Wildman–Crippen MR) is 43.9 cm³/mol. The third kappa shape index (κ3) is 4.68.